The summed E-state index contributed by atoms with van der Waals surface area (Å²) in [6.45, 7) is 3.16. The number of alkyl halides is 3. The zero-order valence-electron chi connectivity index (χ0n) is 7.51. The van der Waals surface area contributed by atoms with E-state index in [0.29, 0.717) is 6.07 Å². The molecule has 1 aromatic carbocycles. The van der Waals surface area contributed by atoms with Gasteiger partial charge in [-0.05, 0) is 24.3 Å². The minimum absolute atomic E-state index is 0.157. The second kappa shape index (κ2) is 3.76. The standard InChI is InChI=1S/C10H7F3O2/c1-2-8(14)6-3-4-9(15)7(5-6)10(11,12)13/h2-5,15H,1H2. The largest absolute Gasteiger partial charge is 0.507 e. The van der Waals surface area contributed by atoms with Gasteiger partial charge in [0.1, 0.15) is 5.75 Å². The summed E-state index contributed by atoms with van der Waals surface area (Å²) < 4.78 is 36.9. The molecule has 0 heterocycles. The molecule has 2 nitrogen and oxygen atoms in total. The summed E-state index contributed by atoms with van der Waals surface area (Å²) in [6.07, 6.45) is -3.77. The summed E-state index contributed by atoms with van der Waals surface area (Å²) in [5, 5.41) is 8.97. The van der Waals surface area contributed by atoms with Crippen LogP contribution in [0.1, 0.15) is 15.9 Å². The van der Waals surface area contributed by atoms with Crippen LogP contribution in [0.25, 0.3) is 0 Å². The van der Waals surface area contributed by atoms with Crippen LogP contribution in [0.3, 0.4) is 0 Å². The minimum Gasteiger partial charge on any atom is -0.507 e. The van der Waals surface area contributed by atoms with Crippen LogP contribution in [0.5, 0.6) is 5.75 Å². The molecule has 5 heteroatoms. The SMILES string of the molecule is C=CC(=O)c1ccc(O)c(C(F)(F)F)c1. The molecular formula is C10H7F3O2. The molecular weight excluding hydrogens is 209 g/mol. The predicted molar refractivity (Wildman–Crippen MR) is 47.6 cm³/mol. The highest BCUT2D eigenvalue weighted by molar-refractivity contribution is 6.04. The molecule has 1 aromatic rings. The Morgan fingerprint density at radius 2 is 2.00 bits per heavy atom. The van der Waals surface area contributed by atoms with Crippen LogP contribution < -0.4 is 0 Å². The van der Waals surface area contributed by atoms with E-state index in [-0.39, 0.29) is 5.56 Å². The first-order valence-electron chi connectivity index (χ1n) is 3.93. The number of phenolic OH excluding ortho intramolecular Hbond substituents is 1. The van der Waals surface area contributed by atoms with Crippen LogP contribution in [0.15, 0.2) is 30.9 Å². The number of allylic oxidation sites excluding steroid dienone is 1. The quantitative estimate of drug-likeness (QED) is 0.609. The van der Waals surface area contributed by atoms with Crippen molar-refractivity contribution in [1.82, 2.24) is 0 Å². The molecule has 0 fully saturated rings. The number of rotatable bonds is 2. The van der Waals surface area contributed by atoms with E-state index >= 15 is 0 Å². The zero-order chi connectivity index (χ0) is 11.6. The summed E-state index contributed by atoms with van der Waals surface area (Å²) in [5.41, 5.74) is -1.38. The maximum absolute atomic E-state index is 12.3. The minimum atomic E-state index is -4.68. The van der Waals surface area contributed by atoms with Gasteiger partial charge in [0.2, 0.25) is 0 Å². The Morgan fingerprint density at radius 3 is 2.47 bits per heavy atom. The molecule has 0 unspecified atom stereocenters. The van der Waals surface area contributed by atoms with Crippen molar-refractivity contribution < 1.29 is 23.1 Å². The van der Waals surface area contributed by atoms with Crippen molar-refractivity contribution in [2.24, 2.45) is 0 Å². The fourth-order valence-electron chi connectivity index (χ4n) is 1.03. The van der Waals surface area contributed by atoms with E-state index in [1.165, 1.54) is 0 Å². The number of phenols is 1. The summed E-state index contributed by atoms with van der Waals surface area (Å²) in [7, 11) is 0. The van der Waals surface area contributed by atoms with Gasteiger partial charge in [0.25, 0.3) is 0 Å². The van der Waals surface area contributed by atoms with E-state index in [1.54, 1.807) is 0 Å². The molecule has 0 radical (unpaired) electrons. The predicted octanol–water partition coefficient (Wildman–Crippen LogP) is 2.78. The third-order valence-corrected chi connectivity index (χ3v) is 1.77. The van der Waals surface area contributed by atoms with Crippen molar-refractivity contribution in [3.8, 4) is 5.75 Å². The van der Waals surface area contributed by atoms with Crippen molar-refractivity contribution in [2.45, 2.75) is 6.18 Å². The van der Waals surface area contributed by atoms with Gasteiger partial charge in [-0.2, -0.15) is 13.2 Å². The number of benzene rings is 1. The Hall–Kier alpha value is -1.78. The lowest BCUT2D eigenvalue weighted by atomic mass is 10.1. The smallest absolute Gasteiger partial charge is 0.419 e. The molecule has 0 aliphatic heterocycles. The number of hydrogen-bond acceptors (Lipinski definition) is 2. The summed E-state index contributed by atoms with van der Waals surface area (Å²) in [4.78, 5) is 11.0. The molecule has 0 saturated heterocycles. The Bertz CT molecular complexity index is 408. The Balaban J connectivity index is 3.29. The third kappa shape index (κ3) is 2.37. The molecule has 0 bridgehead atoms. The van der Waals surface area contributed by atoms with E-state index in [0.717, 1.165) is 18.2 Å². The lowest BCUT2D eigenvalue weighted by Gasteiger charge is -2.09. The number of carbonyl (C=O) groups excluding carboxylic acids is 1. The van der Waals surface area contributed by atoms with Crippen LogP contribution in [0, 0.1) is 0 Å². The van der Waals surface area contributed by atoms with E-state index in [1.807, 2.05) is 0 Å². The van der Waals surface area contributed by atoms with Gasteiger partial charge in [0.05, 0.1) is 5.56 Å². The number of ketones is 1. The average molecular weight is 216 g/mol. The van der Waals surface area contributed by atoms with Crippen molar-refractivity contribution in [1.29, 1.82) is 0 Å². The molecule has 0 atom stereocenters. The second-order valence-corrected chi connectivity index (χ2v) is 2.80. The molecule has 80 valence electrons. The van der Waals surface area contributed by atoms with Gasteiger partial charge in [0, 0.05) is 5.56 Å². The van der Waals surface area contributed by atoms with Crippen molar-refractivity contribution >= 4 is 5.78 Å². The molecule has 0 amide bonds. The second-order valence-electron chi connectivity index (χ2n) is 2.80. The van der Waals surface area contributed by atoms with Crippen molar-refractivity contribution in [3.05, 3.63) is 42.0 Å². The van der Waals surface area contributed by atoms with Crippen LogP contribution in [-0.2, 0) is 6.18 Å². The number of aromatic hydroxyl groups is 1. The van der Waals surface area contributed by atoms with E-state index in [9.17, 15) is 18.0 Å². The van der Waals surface area contributed by atoms with Gasteiger partial charge in [-0.25, -0.2) is 0 Å². The van der Waals surface area contributed by atoms with Crippen LogP contribution >= 0.6 is 0 Å². The van der Waals surface area contributed by atoms with Crippen LogP contribution in [0.2, 0.25) is 0 Å². The highest BCUT2D eigenvalue weighted by atomic mass is 19.4. The third-order valence-electron chi connectivity index (χ3n) is 1.77. The molecule has 0 aliphatic rings. The first kappa shape index (κ1) is 11.3. The van der Waals surface area contributed by atoms with Crippen LogP contribution in [-0.4, -0.2) is 10.9 Å². The first-order chi connectivity index (χ1) is 6.86. The monoisotopic (exact) mass is 216 g/mol. The van der Waals surface area contributed by atoms with Gasteiger partial charge in [-0.15, -0.1) is 0 Å². The molecule has 1 rings (SSSR count). The Labute approximate surface area is 83.7 Å². The van der Waals surface area contributed by atoms with E-state index in [4.69, 9.17) is 5.11 Å². The lowest BCUT2D eigenvalue weighted by molar-refractivity contribution is -0.138. The maximum atomic E-state index is 12.3. The molecule has 0 saturated carbocycles. The molecule has 0 spiro atoms. The molecule has 15 heavy (non-hydrogen) atoms. The number of carbonyl (C=O) groups is 1. The highest BCUT2D eigenvalue weighted by Crippen LogP contribution is 2.36. The lowest BCUT2D eigenvalue weighted by Crippen LogP contribution is -2.07. The van der Waals surface area contributed by atoms with Gasteiger partial charge in [0.15, 0.2) is 5.78 Å². The Morgan fingerprint density at radius 1 is 1.40 bits per heavy atom. The summed E-state index contributed by atoms with van der Waals surface area (Å²) >= 11 is 0. The van der Waals surface area contributed by atoms with Gasteiger partial charge < -0.3 is 5.11 Å². The summed E-state index contributed by atoms with van der Waals surface area (Å²) in [6, 6.07) is 2.54. The zero-order valence-corrected chi connectivity index (χ0v) is 7.51. The fourth-order valence-corrected chi connectivity index (χ4v) is 1.03. The van der Waals surface area contributed by atoms with Gasteiger partial charge >= 0.3 is 6.18 Å². The average Bonchev–Trinajstić information content (AvgIpc) is 2.15. The molecule has 0 aliphatic carbocycles. The van der Waals surface area contributed by atoms with Crippen LogP contribution in [0.4, 0.5) is 13.2 Å². The summed E-state index contributed by atoms with van der Waals surface area (Å²) in [5.74, 6) is -1.52. The van der Waals surface area contributed by atoms with Gasteiger partial charge in [-0.3, -0.25) is 4.79 Å². The van der Waals surface area contributed by atoms with Crippen molar-refractivity contribution in [2.75, 3.05) is 0 Å². The topological polar surface area (TPSA) is 37.3 Å². The molecule has 0 aromatic heterocycles. The normalized spacial score (nSPS) is 11.1. The number of halogens is 3. The van der Waals surface area contributed by atoms with Gasteiger partial charge in [-0.1, -0.05) is 6.58 Å². The molecule has 1 N–H and O–H groups in total. The highest BCUT2D eigenvalue weighted by Gasteiger charge is 2.34. The fraction of sp³-hybridized carbons (Fsp3) is 0.100. The van der Waals surface area contributed by atoms with E-state index < -0.39 is 23.3 Å². The van der Waals surface area contributed by atoms with E-state index in [2.05, 4.69) is 6.58 Å². The Kier molecular flexibility index (Phi) is 2.83. The van der Waals surface area contributed by atoms with Crippen molar-refractivity contribution in [3.63, 3.8) is 0 Å². The maximum Gasteiger partial charge on any atom is 0.419 e. The first-order valence-corrected chi connectivity index (χ1v) is 3.93. The number of hydrogen-bond donors (Lipinski definition) is 1.